The SMILES string of the molecule is O=[SH](=O)/C=C/[SeH]. The maximum atomic E-state index is 9.54. The molecule has 36 valence electrons. The Labute approximate surface area is 46.0 Å². The molecule has 0 fully saturated rings. The van der Waals surface area contributed by atoms with Crippen LogP contribution < -0.4 is 0 Å². The number of hydrogen-bond acceptors (Lipinski definition) is 2. The molecular formula is C2H4O2SSe. The van der Waals surface area contributed by atoms with Crippen molar-refractivity contribution in [2.24, 2.45) is 0 Å². The van der Waals surface area contributed by atoms with Gasteiger partial charge in [-0.15, -0.1) is 0 Å². The summed E-state index contributed by atoms with van der Waals surface area (Å²) in [5.74, 6) is 0. The second kappa shape index (κ2) is 3.40. The molecule has 0 unspecified atom stereocenters. The molecule has 0 heterocycles. The van der Waals surface area contributed by atoms with Crippen LogP contribution in [-0.2, 0) is 10.7 Å². The second-order valence-electron chi connectivity index (χ2n) is 0.583. The van der Waals surface area contributed by atoms with Gasteiger partial charge in [-0.2, -0.15) is 0 Å². The van der Waals surface area contributed by atoms with Gasteiger partial charge >= 0.3 is 45.5 Å². The molecule has 0 aromatic rings. The van der Waals surface area contributed by atoms with Gasteiger partial charge in [0.25, 0.3) is 0 Å². The predicted molar refractivity (Wildman–Crippen MR) is 26.6 cm³/mol. The summed E-state index contributed by atoms with van der Waals surface area (Å²) >= 11 is 2.03. The van der Waals surface area contributed by atoms with E-state index in [-0.39, 0.29) is 0 Å². The van der Waals surface area contributed by atoms with Gasteiger partial charge in [0, 0.05) is 0 Å². The Kier molecular flexibility index (Phi) is 3.52. The van der Waals surface area contributed by atoms with Crippen LogP contribution in [0.2, 0.25) is 0 Å². The molecule has 0 atom stereocenters. The minimum atomic E-state index is -2.30. The van der Waals surface area contributed by atoms with E-state index in [2.05, 4.69) is 0 Å². The van der Waals surface area contributed by atoms with Gasteiger partial charge in [-0.05, 0) is 0 Å². The quantitative estimate of drug-likeness (QED) is 0.404. The third-order valence-electron chi connectivity index (χ3n) is 0.188. The van der Waals surface area contributed by atoms with Crippen molar-refractivity contribution in [3.63, 3.8) is 0 Å². The van der Waals surface area contributed by atoms with Crippen LogP contribution in [-0.4, -0.2) is 24.4 Å². The molecule has 0 aromatic heterocycles. The first-order valence-electron chi connectivity index (χ1n) is 1.21. The summed E-state index contributed by atoms with van der Waals surface area (Å²) in [6.45, 7) is 0. The standard InChI is InChI=1S/C2H4O2SSe/c3-5(4)1-2-6/h1-2,5-6H/b2-1+. The van der Waals surface area contributed by atoms with Gasteiger partial charge in [0.1, 0.15) is 0 Å². The summed E-state index contributed by atoms with van der Waals surface area (Å²) in [4.78, 5) is 1.42. The van der Waals surface area contributed by atoms with Crippen molar-refractivity contribution in [2.75, 3.05) is 0 Å². The van der Waals surface area contributed by atoms with Gasteiger partial charge in [0.05, 0.1) is 0 Å². The normalized spacial score (nSPS) is 11.0. The minimum absolute atomic E-state index is 1.09. The Bertz CT molecular complexity index is 107. The van der Waals surface area contributed by atoms with Crippen molar-refractivity contribution in [1.29, 1.82) is 0 Å². The summed E-state index contributed by atoms with van der Waals surface area (Å²) < 4.78 is 19.1. The van der Waals surface area contributed by atoms with Crippen LogP contribution >= 0.6 is 0 Å². The molecule has 0 amide bonds. The first kappa shape index (κ1) is 6.21. The van der Waals surface area contributed by atoms with E-state index in [4.69, 9.17) is 0 Å². The molecule has 0 aromatic carbocycles. The zero-order valence-electron chi connectivity index (χ0n) is 2.87. The molecule has 4 heteroatoms. The van der Waals surface area contributed by atoms with Gasteiger partial charge in [-0.25, -0.2) is 0 Å². The summed E-state index contributed by atoms with van der Waals surface area (Å²) in [6, 6.07) is 0. The van der Waals surface area contributed by atoms with E-state index in [1.807, 2.05) is 16.0 Å². The number of rotatable bonds is 1. The molecule has 0 saturated heterocycles. The topological polar surface area (TPSA) is 34.1 Å². The van der Waals surface area contributed by atoms with E-state index >= 15 is 0 Å². The van der Waals surface area contributed by atoms with Gasteiger partial charge in [0.15, 0.2) is 0 Å². The third-order valence-corrected chi connectivity index (χ3v) is 1.40. The van der Waals surface area contributed by atoms with Crippen LogP contribution in [0.25, 0.3) is 0 Å². The molecule has 0 spiro atoms. The molecule has 0 bridgehead atoms. The first-order chi connectivity index (χ1) is 2.77. The van der Waals surface area contributed by atoms with Crippen molar-refractivity contribution in [1.82, 2.24) is 0 Å². The van der Waals surface area contributed by atoms with Crippen LogP contribution in [0, 0.1) is 0 Å². The fourth-order valence-electron chi connectivity index (χ4n) is 0.0544. The van der Waals surface area contributed by atoms with Crippen LogP contribution in [0.3, 0.4) is 0 Å². The Balaban J connectivity index is 3.62. The molecule has 0 aliphatic heterocycles. The molecular weight excluding hydrogens is 167 g/mol. The van der Waals surface area contributed by atoms with E-state index in [0.29, 0.717) is 0 Å². The van der Waals surface area contributed by atoms with Crippen LogP contribution in [0.5, 0.6) is 0 Å². The summed E-state index contributed by atoms with van der Waals surface area (Å²) in [5.41, 5.74) is 0. The van der Waals surface area contributed by atoms with Gasteiger partial charge in [-0.1, -0.05) is 0 Å². The Morgan fingerprint density at radius 1 is 1.50 bits per heavy atom. The van der Waals surface area contributed by atoms with Crippen LogP contribution in [0.4, 0.5) is 0 Å². The zero-order valence-corrected chi connectivity index (χ0v) is 5.64. The predicted octanol–water partition coefficient (Wildman–Crippen LogP) is -1.03. The molecule has 0 N–H and O–H groups in total. The Morgan fingerprint density at radius 2 is 2.00 bits per heavy atom. The summed E-state index contributed by atoms with van der Waals surface area (Å²) in [5, 5.41) is 1.09. The second-order valence-corrected chi connectivity index (χ2v) is 2.08. The molecule has 2 nitrogen and oxygen atoms in total. The van der Waals surface area contributed by atoms with E-state index in [9.17, 15) is 8.42 Å². The van der Waals surface area contributed by atoms with Gasteiger partial charge in [0.2, 0.25) is 0 Å². The van der Waals surface area contributed by atoms with Crippen molar-refractivity contribution < 1.29 is 8.42 Å². The maximum absolute atomic E-state index is 9.54. The van der Waals surface area contributed by atoms with Gasteiger partial charge < -0.3 is 0 Å². The number of thiol groups is 1. The molecule has 0 saturated carbocycles. The van der Waals surface area contributed by atoms with Crippen LogP contribution in [0.1, 0.15) is 0 Å². The van der Waals surface area contributed by atoms with Crippen LogP contribution in [0.15, 0.2) is 10.4 Å². The van der Waals surface area contributed by atoms with E-state index < -0.39 is 10.7 Å². The molecule has 0 aliphatic rings. The summed E-state index contributed by atoms with van der Waals surface area (Å²) in [7, 11) is -2.30. The van der Waals surface area contributed by atoms with Crippen molar-refractivity contribution in [2.45, 2.75) is 0 Å². The van der Waals surface area contributed by atoms with E-state index in [1.54, 1.807) is 0 Å². The Morgan fingerprint density at radius 3 is 2.00 bits per heavy atom. The fraction of sp³-hybridized carbons (Fsp3) is 0. The van der Waals surface area contributed by atoms with Crippen molar-refractivity contribution in [3.8, 4) is 0 Å². The molecule has 6 heavy (non-hydrogen) atoms. The summed E-state index contributed by atoms with van der Waals surface area (Å²) in [6.07, 6.45) is 0. The molecule has 0 radical (unpaired) electrons. The van der Waals surface area contributed by atoms with Crippen molar-refractivity contribution >= 4 is 26.7 Å². The average Bonchev–Trinajstić information content (AvgIpc) is 1.35. The van der Waals surface area contributed by atoms with Gasteiger partial charge in [-0.3, -0.25) is 0 Å². The van der Waals surface area contributed by atoms with E-state index in [1.165, 1.54) is 4.97 Å². The third kappa shape index (κ3) is 4.21. The van der Waals surface area contributed by atoms with E-state index in [0.717, 1.165) is 5.41 Å². The molecule has 0 aliphatic carbocycles. The first-order valence-corrected chi connectivity index (χ1v) is 3.55. The average molecular weight is 171 g/mol. The Hall–Kier alpha value is 0.209. The number of hydrogen-bond donors (Lipinski definition) is 1. The molecule has 0 rings (SSSR count). The van der Waals surface area contributed by atoms with Crippen molar-refractivity contribution in [3.05, 3.63) is 10.4 Å². The monoisotopic (exact) mass is 172 g/mol. The fourth-order valence-corrected chi connectivity index (χ4v) is 0.849. The zero-order chi connectivity index (χ0) is 4.99.